The highest BCUT2D eigenvalue weighted by atomic mass is 35.5. The van der Waals surface area contributed by atoms with Crippen molar-refractivity contribution in [2.24, 2.45) is 0 Å². The molecule has 3 aromatic carbocycles. The highest BCUT2D eigenvalue weighted by Gasteiger charge is 2.41. The van der Waals surface area contributed by atoms with Crippen LogP contribution >= 0.6 is 23.2 Å². The average Bonchev–Trinajstić information content (AvgIpc) is 2.67. The van der Waals surface area contributed by atoms with Gasteiger partial charge in [0.05, 0.1) is 5.69 Å². The fourth-order valence-corrected chi connectivity index (χ4v) is 5.26. The van der Waals surface area contributed by atoms with E-state index in [-0.39, 0.29) is 12.4 Å². The van der Waals surface area contributed by atoms with Crippen molar-refractivity contribution in [2.75, 3.05) is 17.9 Å². The Morgan fingerprint density at radius 3 is 2.32 bits per heavy atom. The minimum absolute atomic E-state index is 0. The summed E-state index contributed by atoms with van der Waals surface area (Å²) in [5, 5.41) is 5.20. The van der Waals surface area contributed by atoms with Crippen molar-refractivity contribution in [3.05, 3.63) is 66.7 Å². The second-order valence-electron chi connectivity index (χ2n) is 6.65. The molecule has 0 aliphatic carbocycles. The summed E-state index contributed by atoms with van der Waals surface area (Å²) in [5.41, 5.74) is 0.750. The van der Waals surface area contributed by atoms with Crippen molar-refractivity contribution in [1.29, 1.82) is 0 Å². The van der Waals surface area contributed by atoms with Crippen LogP contribution in [0.5, 0.6) is 5.75 Å². The number of ether oxygens (including phenoxy) is 1. The minimum atomic E-state index is -3.20. The number of nitrogens with one attached hydrogen (secondary N) is 1. The Morgan fingerprint density at radius 2 is 1.64 bits per heavy atom. The molecule has 3 aromatic rings. The molecule has 0 bridgehead atoms. The Balaban J connectivity index is 0.00000225. The van der Waals surface area contributed by atoms with Gasteiger partial charge in [-0.3, -0.25) is 9.11 Å². The molecule has 0 amide bonds. The molecular weight excluding hydrogens is 396 g/mol. The summed E-state index contributed by atoms with van der Waals surface area (Å²) in [6, 6.07) is 21.5. The number of para-hydroxylation sites is 1. The molecule has 7 heteroatoms. The number of anilines is 2. The Hall–Kier alpha value is -1.96. The maximum atomic E-state index is 11.2. The summed E-state index contributed by atoms with van der Waals surface area (Å²) in [6.45, 7) is 0.797. The van der Waals surface area contributed by atoms with Crippen LogP contribution in [-0.2, 0) is 0 Å². The van der Waals surface area contributed by atoms with Crippen LogP contribution in [0.2, 0.25) is 0 Å². The van der Waals surface area contributed by atoms with E-state index in [4.69, 9.17) is 4.74 Å². The van der Waals surface area contributed by atoms with Gasteiger partial charge in [0.1, 0.15) is 11.4 Å². The summed E-state index contributed by atoms with van der Waals surface area (Å²) in [6.07, 6.45) is 1.35. The number of nitrogens with zero attached hydrogens (tertiary/aromatic N) is 1. The van der Waals surface area contributed by atoms with E-state index in [2.05, 4.69) is 5.32 Å². The molecule has 1 aliphatic rings. The number of hydrogen-bond donors (Lipinski definition) is 3. The van der Waals surface area contributed by atoms with Crippen LogP contribution in [0.3, 0.4) is 0 Å². The van der Waals surface area contributed by atoms with Crippen molar-refractivity contribution < 1.29 is 13.8 Å². The minimum Gasteiger partial charge on any atom is -0.467 e. The van der Waals surface area contributed by atoms with E-state index in [0.29, 0.717) is 17.9 Å². The van der Waals surface area contributed by atoms with Gasteiger partial charge in [-0.2, -0.15) is 0 Å². The van der Waals surface area contributed by atoms with E-state index in [1.165, 1.54) is 0 Å². The van der Waals surface area contributed by atoms with Crippen LogP contribution in [0.15, 0.2) is 66.7 Å². The van der Waals surface area contributed by atoms with E-state index < -0.39 is 16.2 Å². The average molecular weight is 421 g/mol. The fourth-order valence-electron chi connectivity index (χ4n) is 3.45. The zero-order valence-electron chi connectivity index (χ0n) is 15.6. The molecule has 0 aromatic heterocycles. The highest BCUT2D eigenvalue weighted by molar-refractivity contribution is 8.26. The largest absolute Gasteiger partial charge is 0.467 e. The number of halogens is 1. The number of fused-ring (bicyclic) bond motifs is 2. The molecule has 150 valence electrons. The van der Waals surface area contributed by atoms with Crippen LogP contribution in [0.1, 0.15) is 12.8 Å². The summed E-state index contributed by atoms with van der Waals surface area (Å²) >= 11 is 0. The summed E-state index contributed by atoms with van der Waals surface area (Å²) in [4.78, 5) is 0. The predicted octanol–water partition coefficient (Wildman–Crippen LogP) is 5.78. The molecular formula is C21H25ClN2O3S. The molecule has 1 heterocycles. The van der Waals surface area contributed by atoms with Crippen LogP contribution in [0, 0.1) is 0 Å². The van der Waals surface area contributed by atoms with Gasteiger partial charge in [0, 0.05) is 6.42 Å². The first kappa shape index (κ1) is 20.8. The lowest BCUT2D eigenvalue weighted by molar-refractivity contribution is 0.236. The summed E-state index contributed by atoms with van der Waals surface area (Å²) in [5.74, 6) is 0.679. The molecule has 5 nitrogen and oxygen atoms in total. The number of benzene rings is 3. The smallest absolute Gasteiger partial charge is 0.206 e. The van der Waals surface area contributed by atoms with E-state index in [1.807, 2.05) is 73.8 Å². The standard InChI is InChI=1S/C21H24N2O3S.ClH/c1-22-13-7-12-21-26-20-15-17-9-6-5-8-16(17)14-19(20)23(27(21,24)25)18-10-3-2-4-11-18;/h2-6,8-11,14-15,21-22,24-25H,7,12-13H2,1H3;1H. The molecule has 28 heavy (non-hydrogen) atoms. The van der Waals surface area contributed by atoms with Gasteiger partial charge in [0.15, 0.2) is 0 Å². The number of hydrogen-bond acceptors (Lipinski definition) is 5. The Morgan fingerprint density at radius 1 is 1.00 bits per heavy atom. The van der Waals surface area contributed by atoms with Gasteiger partial charge < -0.3 is 10.1 Å². The lowest BCUT2D eigenvalue weighted by Crippen LogP contribution is -2.39. The van der Waals surface area contributed by atoms with Gasteiger partial charge in [-0.1, -0.05) is 53.2 Å². The SMILES string of the molecule is CNCCCC1Oc2cc3ccccc3cc2N(c2ccccc2)S1(O)O.Cl. The molecule has 1 aliphatic heterocycles. The highest BCUT2D eigenvalue weighted by Crippen LogP contribution is 2.62. The quantitative estimate of drug-likeness (QED) is 0.456. The molecule has 0 saturated heterocycles. The second kappa shape index (κ2) is 8.59. The molecule has 0 fully saturated rings. The maximum Gasteiger partial charge on any atom is 0.206 e. The third-order valence-corrected chi connectivity index (χ3v) is 6.77. The first-order chi connectivity index (χ1) is 13.1. The van der Waals surface area contributed by atoms with E-state index in [1.54, 1.807) is 4.31 Å². The number of rotatable bonds is 5. The van der Waals surface area contributed by atoms with Gasteiger partial charge in [0.2, 0.25) is 5.44 Å². The first-order valence-electron chi connectivity index (χ1n) is 9.08. The van der Waals surface area contributed by atoms with E-state index in [9.17, 15) is 9.11 Å². The molecule has 0 saturated carbocycles. The molecule has 1 atom stereocenters. The lowest BCUT2D eigenvalue weighted by Gasteiger charge is -2.52. The third kappa shape index (κ3) is 3.79. The van der Waals surface area contributed by atoms with Crippen LogP contribution < -0.4 is 14.4 Å². The molecule has 0 spiro atoms. The van der Waals surface area contributed by atoms with Gasteiger partial charge in [-0.25, -0.2) is 4.31 Å². The second-order valence-corrected chi connectivity index (χ2v) is 8.66. The van der Waals surface area contributed by atoms with Gasteiger partial charge in [-0.05, 0) is 55.1 Å². The van der Waals surface area contributed by atoms with Crippen molar-refractivity contribution in [3.63, 3.8) is 0 Å². The van der Waals surface area contributed by atoms with Gasteiger partial charge in [0.25, 0.3) is 0 Å². The third-order valence-electron chi connectivity index (χ3n) is 4.78. The van der Waals surface area contributed by atoms with Crippen molar-refractivity contribution in [2.45, 2.75) is 18.3 Å². The maximum absolute atomic E-state index is 11.2. The Kier molecular flexibility index (Phi) is 6.37. The summed E-state index contributed by atoms with van der Waals surface area (Å²) in [7, 11) is -1.31. The van der Waals surface area contributed by atoms with Crippen molar-refractivity contribution >= 4 is 45.3 Å². The topological polar surface area (TPSA) is 65.0 Å². The van der Waals surface area contributed by atoms with Crippen molar-refractivity contribution in [3.8, 4) is 5.75 Å². The molecule has 0 radical (unpaired) electrons. The summed E-state index contributed by atoms with van der Waals surface area (Å²) < 4.78 is 30.1. The van der Waals surface area contributed by atoms with Crippen molar-refractivity contribution in [1.82, 2.24) is 5.32 Å². The van der Waals surface area contributed by atoms with E-state index in [0.717, 1.165) is 29.4 Å². The molecule has 1 unspecified atom stereocenters. The van der Waals surface area contributed by atoms with Crippen LogP contribution in [0.25, 0.3) is 10.8 Å². The normalized spacial score (nSPS) is 18.7. The molecule has 4 rings (SSSR count). The van der Waals surface area contributed by atoms with Crippen LogP contribution in [0.4, 0.5) is 11.4 Å². The monoisotopic (exact) mass is 420 g/mol. The fraction of sp³-hybridized carbons (Fsp3) is 0.238. The zero-order valence-corrected chi connectivity index (χ0v) is 17.2. The Bertz CT molecular complexity index is 939. The Labute approximate surface area is 173 Å². The molecule has 3 N–H and O–H groups in total. The van der Waals surface area contributed by atoms with Crippen LogP contribution in [-0.4, -0.2) is 28.1 Å². The van der Waals surface area contributed by atoms with Gasteiger partial charge in [-0.15, -0.1) is 12.4 Å². The zero-order chi connectivity index (χ0) is 18.9. The predicted molar refractivity (Wildman–Crippen MR) is 120 cm³/mol. The lowest BCUT2D eigenvalue weighted by atomic mass is 10.1. The van der Waals surface area contributed by atoms with Gasteiger partial charge >= 0.3 is 0 Å². The first-order valence-corrected chi connectivity index (χ1v) is 10.6. The van der Waals surface area contributed by atoms with E-state index >= 15 is 0 Å².